The summed E-state index contributed by atoms with van der Waals surface area (Å²) in [6.07, 6.45) is 0.902. The first-order valence-electron chi connectivity index (χ1n) is 7.23. The highest BCUT2D eigenvalue weighted by molar-refractivity contribution is 9.10. The van der Waals surface area contributed by atoms with Crippen molar-refractivity contribution >= 4 is 31.9 Å². The van der Waals surface area contributed by atoms with Crippen molar-refractivity contribution in [2.75, 3.05) is 19.6 Å². The molecule has 0 aliphatic rings. The van der Waals surface area contributed by atoms with Gasteiger partial charge in [-0.3, -0.25) is 4.79 Å². The fourth-order valence-electron chi connectivity index (χ4n) is 1.85. The summed E-state index contributed by atoms with van der Waals surface area (Å²) in [7, 11) is -3.54. The molecule has 0 bridgehead atoms. The molecule has 5 nitrogen and oxygen atoms in total. The number of carbonyl (C=O) groups is 1. The van der Waals surface area contributed by atoms with Crippen LogP contribution < -0.4 is 4.72 Å². The Labute approximate surface area is 141 Å². The number of benzene rings is 1. The zero-order valence-corrected chi connectivity index (χ0v) is 15.6. The van der Waals surface area contributed by atoms with Gasteiger partial charge in [-0.05, 0) is 36.6 Å². The highest BCUT2D eigenvalue weighted by atomic mass is 79.9. The van der Waals surface area contributed by atoms with E-state index in [9.17, 15) is 13.2 Å². The molecule has 0 atom stereocenters. The second kappa shape index (κ2) is 8.64. The van der Waals surface area contributed by atoms with Crippen LogP contribution in [0.4, 0.5) is 0 Å². The first-order chi connectivity index (χ1) is 10.2. The number of carbonyl (C=O) groups excluding carboxylic acids is 1. The molecule has 1 N–H and O–H groups in total. The van der Waals surface area contributed by atoms with Crippen molar-refractivity contribution in [1.29, 1.82) is 0 Å². The third kappa shape index (κ3) is 6.46. The largest absolute Gasteiger partial charge is 0.342 e. The van der Waals surface area contributed by atoms with Crippen molar-refractivity contribution in [3.63, 3.8) is 0 Å². The van der Waals surface area contributed by atoms with Gasteiger partial charge < -0.3 is 4.90 Å². The average molecular weight is 391 g/mol. The molecule has 0 aliphatic heterocycles. The number of amides is 1. The van der Waals surface area contributed by atoms with Crippen molar-refractivity contribution in [2.45, 2.75) is 32.1 Å². The number of sulfonamides is 1. The van der Waals surface area contributed by atoms with E-state index in [1.165, 1.54) is 19.1 Å². The van der Waals surface area contributed by atoms with Gasteiger partial charge in [-0.15, -0.1) is 0 Å². The molecule has 1 aromatic carbocycles. The Kier molecular flexibility index (Phi) is 7.52. The van der Waals surface area contributed by atoms with Gasteiger partial charge >= 0.3 is 0 Å². The number of hydrogen-bond acceptors (Lipinski definition) is 3. The standard InChI is InChI=1S/C15H23BrN2O3S/c1-12(2)8-10-18(13(3)19)11-9-17-22(20,21)15-6-4-14(16)5-7-15/h4-7,12,17H,8-11H2,1-3H3. The molecule has 0 heterocycles. The molecule has 0 aliphatic carbocycles. The van der Waals surface area contributed by atoms with Crippen LogP contribution in [0.25, 0.3) is 0 Å². The van der Waals surface area contributed by atoms with Gasteiger partial charge in [-0.1, -0.05) is 29.8 Å². The molecule has 0 aromatic heterocycles. The van der Waals surface area contributed by atoms with E-state index in [4.69, 9.17) is 0 Å². The van der Waals surface area contributed by atoms with Crippen LogP contribution in [0, 0.1) is 5.92 Å². The maximum atomic E-state index is 12.1. The van der Waals surface area contributed by atoms with E-state index >= 15 is 0 Å². The van der Waals surface area contributed by atoms with E-state index in [0.717, 1.165) is 10.9 Å². The zero-order valence-electron chi connectivity index (χ0n) is 13.2. The molecule has 1 amide bonds. The quantitative estimate of drug-likeness (QED) is 0.741. The maximum Gasteiger partial charge on any atom is 0.240 e. The number of rotatable bonds is 8. The minimum Gasteiger partial charge on any atom is -0.342 e. The Bertz CT molecular complexity index is 585. The highest BCUT2D eigenvalue weighted by Gasteiger charge is 2.15. The van der Waals surface area contributed by atoms with E-state index < -0.39 is 10.0 Å². The number of nitrogens with one attached hydrogen (secondary N) is 1. The van der Waals surface area contributed by atoms with Crippen LogP contribution in [0.1, 0.15) is 27.2 Å². The van der Waals surface area contributed by atoms with Crippen molar-refractivity contribution in [1.82, 2.24) is 9.62 Å². The van der Waals surface area contributed by atoms with Crippen LogP contribution in [0.2, 0.25) is 0 Å². The first-order valence-corrected chi connectivity index (χ1v) is 9.50. The Morgan fingerprint density at radius 1 is 1.23 bits per heavy atom. The van der Waals surface area contributed by atoms with Gasteiger partial charge in [0.05, 0.1) is 4.90 Å². The summed E-state index contributed by atoms with van der Waals surface area (Å²) < 4.78 is 27.6. The van der Waals surface area contributed by atoms with Crippen LogP contribution in [0.3, 0.4) is 0 Å². The summed E-state index contributed by atoms with van der Waals surface area (Å²) in [5, 5.41) is 0. The Balaban J connectivity index is 2.56. The van der Waals surface area contributed by atoms with Crippen LogP contribution in [-0.4, -0.2) is 38.9 Å². The van der Waals surface area contributed by atoms with Gasteiger partial charge in [-0.2, -0.15) is 0 Å². The maximum absolute atomic E-state index is 12.1. The Morgan fingerprint density at radius 2 is 1.82 bits per heavy atom. The molecule has 0 radical (unpaired) electrons. The van der Waals surface area contributed by atoms with Gasteiger partial charge in [0.25, 0.3) is 0 Å². The van der Waals surface area contributed by atoms with Gasteiger partial charge in [0.1, 0.15) is 0 Å². The van der Waals surface area contributed by atoms with Gasteiger partial charge in [0.15, 0.2) is 0 Å². The van der Waals surface area contributed by atoms with Crippen LogP contribution in [0.5, 0.6) is 0 Å². The lowest BCUT2D eigenvalue weighted by Crippen LogP contribution is -2.38. The molecule has 0 saturated heterocycles. The molecule has 0 spiro atoms. The summed E-state index contributed by atoms with van der Waals surface area (Å²) in [5.41, 5.74) is 0. The minimum absolute atomic E-state index is 0.0384. The van der Waals surface area contributed by atoms with Crippen molar-refractivity contribution in [2.24, 2.45) is 5.92 Å². The van der Waals surface area contributed by atoms with Gasteiger partial charge in [0, 0.05) is 31.0 Å². The molecule has 0 saturated carbocycles. The lowest BCUT2D eigenvalue weighted by atomic mass is 10.1. The SMILES string of the molecule is CC(=O)N(CCNS(=O)(=O)c1ccc(Br)cc1)CCC(C)C. The van der Waals surface area contributed by atoms with E-state index in [1.807, 2.05) is 0 Å². The number of hydrogen-bond donors (Lipinski definition) is 1. The lowest BCUT2D eigenvalue weighted by molar-refractivity contribution is -0.128. The van der Waals surface area contributed by atoms with Crippen molar-refractivity contribution in [3.05, 3.63) is 28.7 Å². The summed E-state index contributed by atoms with van der Waals surface area (Å²) in [4.78, 5) is 13.4. The predicted octanol–water partition coefficient (Wildman–Crippen LogP) is 2.62. The second-order valence-electron chi connectivity index (χ2n) is 5.54. The van der Waals surface area contributed by atoms with Gasteiger partial charge in [-0.25, -0.2) is 13.1 Å². The summed E-state index contributed by atoms with van der Waals surface area (Å²) in [6, 6.07) is 6.43. The summed E-state index contributed by atoms with van der Waals surface area (Å²) in [5.74, 6) is 0.463. The lowest BCUT2D eigenvalue weighted by Gasteiger charge is -2.22. The molecule has 124 valence electrons. The van der Waals surface area contributed by atoms with Crippen LogP contribution in [-0.2, 0) is 14.8 Å². The number of halogens is 1. The molecular formula is C15H23BrN2O3S. The van der Waals surface area contributed by atoms with E-state index in [-0.39, 0.29) is 17.3 Å². The normalized spacial score (nSPS) is 11.7. The van der Waals surface area contributed by atoms with Crippen LogP contribution in [0.15, 0.2) is 33.6 Å². The molecule has 22 heavy (non-hydrogen) atoms. The molecule has 7 heteroatoms. The fourth-order valence-corrected chi connectivity index (χ4v) is 3.14. The van der Waals surface area contributed by atoms with Gasteiger partial charge in [0.2, 0.25) is 15.9 Å². The van der Waals surface area contributed by atoms with Crippen molar-refractivity contribution in [3.8, 4) is 0 Å². The van der Waals surface area contributed by atoms with E-state index in [2.05, 4.69) is 34.5 Å². The third-order valence-electron chi connectivity index (χ3n) is 3.22. The monoisotopic (exact) mass is 390 g/mol. The fraction of sp³-hybridized carbons (Fsp3) is 0.533. The molecule has 0 unspecified atom stereocenters. The Morgan fingerprint density at radius 3 is 2.32 bits per heavy atom. The average Bonchev–Trinajstić information content (AvgIpc) is 2.42. The molecule has 1 rings (SSSR count). The second-order valence-corrected chi connectivity index (χ2v) is 8.22. The highest BCUT2D eigenvalue weighted by Crippen LogP contribution is 2.14. The molecular weight excluding hydrogens is 368 g/mol. The number of nitrogens with zero attached hydrogens (tertiary/aromatic N) is 1. The summed E-state index contributed by atoms with van der Waals surface area (Å²) in [6.45, 7) is 6.91. The smallest absolute Gasteiger partial charge is 0.240 e. The van der Waals surface area contributed by atoms with Crippen molar-refractivity contribution < 1.29 is 13.2 Å². The summed E-state index contributed by atoms with van der Waals surface area (Å²) >= 11 is 3.27. The molecule has 0 fully saturated rings. The van der Waals surface area contributed by atoms with E-state index in [0.29, 0.717) is 19.0 Å². The zero-order chi connectivity index (χ0) is 16.8. The van der Waals surface area contributed by atoms with Crippen LogP contribution >= 0.6 is 15.9 Å². The predicted molar refractivity (Wildman–Crippen MR) is 91.0 cm³/mol. The topological polar surface area (TPSA) is 66.5 Å². The molecule has 1 aromatic rings. The minimum atomic E-state index is -3.54. The van der Waals surface area contributed by atoms with E-state index in [1.54, 1.807) is 17.0 Å². The Hall–Kier alpha value is -0.920. The first kappa shape index (κ1) is 19.1. The third-order valence-corrected chi connectivity index (χ3v) is 5.23.